The highest BCUT2D eigenvalue weighted by Crippen LogP contribution is 2.46. The highest BCUT2D eigenvalue weighted by atomic mass is 19.4. The van der Waals surface area contributed by atoms with Crippen molar-refractivity contribution in [2.24, 2.45) is 5.41 Å². The van der Waals surface area contributed by atoms with Crippen LogP contribution in [0.3, 0.4) is 0 Å². The predicted octanol–water partition coefficient (Wildman–Crippen LogP) is 2.09. The minimum atomic E-state index is -4.70. The number of carbonyl (C=O) groups excluding carboxylic acids is 2. The standard InChI is InChI=1S/C21H23F3N4O3/c22-21(23,24)20(8-12-28(14-20)13-15-5-2-1-3-6-15)19(31)27-11-10-26-18(30)17-16(29)7-4-9-25-17/h1-7,9,29H,8,10-14H2,(H,26,30)(H,27,31). The Kier molecular flexibility index (Phi) is 6.79. The average Bonchev–Trinajstić information content (AvgIpc) is 3.17. The fourth-order valence-corrected chi connectivity index (χ4v) is 3.59. The summed E-state index contributed by atoms with van der Waals surface area (Å²) >= 11 is 0. The number of amides is 2. The second kappa shape index (κ2) is 9.34. The van der Waals surface area contributed by atoms with Crippen molar-refractivity contribution in [1.29, 1.82) is 0 Å². The number of hydrogen-bond acceptors (Lipinski definition) is 5. The molecule has 1 aliphatic rings. The molecule has 2 aromatic rings. The van der Waals surface area contributed by atoms with Crippen LogP contribution in [-0.4, -0.2) is 59.2 Å². The SMILES string of the molecule is O=C(NCCNC(=O)C1(C(F)(F)F)CCN(Cc2ccccc2)C1)c1ncccc1O. The van der Waals surface area contributed by atoms with Gasteiger partial charge in [0.1, 0.15) is 5.75 Å². The molecule has 7 nitrogen and oxygen atoms in total. The highest BCUT2D eigenvalue weighted by Gasteiger charge is 2.62. The van der Waals surface area contributed by atoms with E-state index in [1.54, 1.807) is 4.90 Å². The van der Waals surface area contributed by atoms with Gasteiger partial charge >= 0.3 is 6.18 Å². The second-order valence-corrected chi connectivity index (χ2v) is 7.41. The first-order valence-electron chi connectivity index (χ1n) is 9.76. The molecular weight excluding hydrogens is 413 g/mol. The number of nitrogens with zero attached hydrogens (tertiary/aromatic N) is 2. The quantitative estimate of drug-likeness (QED) is 0.578. The van der Waals surface area contributed by atoms with Crippen molar-refractivity contribution in [3.05, 3.63) is 59.9 Å². The van der Waals surface area contributed by atoms with Gasteiger partial charge in [-0.05, 0) is 30.7 Å². The van der Waals surface area contributed by atoms with Gasteiger partial charge in [0.05, 0.1) is 0 Å². The lowest BCUT2D eigenvalue weighted by Crippen LogP contribution is -2.53. The van der Waals surface area contributed by atoms with Gasteiger partial charge in [-0.2, -0.15) is 13.2 Å². The Morgan fingerprint density at radius 3 is 2.48 bits per heavy atom. The van der Waals surface area contributed by atoms with E-state index >= 15 is 0 Å². The molecule has 2 heterocycles. The van der Waals surface area contributed by atoms with Crippen molar-refractivity contribution >= 4 is 11.8 Å². The summed E-state index contributed by atoms with van der Waals surface area (Å²) in [5.41, 5.74) is -1.82. The van der Waals surface area contributed by atoms with E-state index in [0.717, 1.165) is 5.56 Å². The summed E-state index contributed by atoms with van der Waals surface area (Å²) in [6.07, 6.45) is -3.71. The number of halogens is 3. The molecule has 31 heavy (non-hydrogen) atoms. The minimum absolute atomic E-state index is 0.109. The first-order valence-corrected chi connectivity index (χ1v) is 9.76. The number of rotatable bonds is 7. The molecule has 1 aliphatic heterocycles. The first kappa shape index (κ1) is 22.5. The lowest BCUT2D eigenvalue weighted by molar-refractivity contribution is -0.218. The fraction of sp³-hybridized carbons (Fsp3) is 0.381. The lowest BCUT2D eigenvalue weighted by atomic mass is 9.85. The van der Waals surface area contributed by atoms with E-state index in [4.69, 9.17) is 0 Å². The van der Waals surface area contributed by atoms with Gasteiger partial charge in [0.15, 0.2) is 11.1 Å². The van der Waals surface area contributed by atoms with Crippen LogP contribution in [0.2, 0.25) is 0 Å². The monoisotopic (exact) mass is 436 g/mol. The summed E-state index contributed by atoms with van der Waals surface area (Å²) in [4.78, 5) is 29.9. The summed E-state index contributed by atoms with van der Waals surface area (Å²) in [6.45, 7) is -0.241. The molecule has 0 saturated carbocycles. The van der Waals surface area contributed by atoms with Crippen LogP contribution in [0.5, 0.6) is 5.75 Å². The molecule has 2 amide bonds. The van der Waals surface area contributed by atoms with Crippen molar-refractivity contribution in [3.8, 4) is 5.75 Å². The molecule has 1 fully saturated rings. The van der Waals surface area contributed by atoms with Crippen molar-refractivity contribution in [2.45, 2.75) is 19.1 Å². The molecule has 3 N–H and O–H groups in total. The summed E-state index contributed by atoms with van der Waals surface area (Å²) in [5, 5.41) is 14.3. The number of pyridine rings is 1. The Labute approximate surface area is 177 Å². The van der Waals surface area contributed by atoms with E-state index in [9.17, 15) is 27.9 Å². The summed E-state index contributed by atoms with van der Waals surface area (Å²) in [7, 11) is 0. The van der Waals surface area contributed by atoms with E-state index < -0.39 is 30.0 Å². The molecule has 10 heteroatoms. The van der Waals surface area contributed by atoms with Crippen LogP contribution in [0, 0.1) is 5.41 Å². The van der Waals surface area contributed by atoms with Crippen LogP contribution in [0.4, 0.5) is 13.2 Å². The van der Waals surface area contributed by atoms with Gasteiger partial charge in [-0.3, -0.25) is 14.5 Å². The molecule has 1 aromatic heterocycles. The van der Waals surface area contributed by atoms with E-state index in [1.807, 2.05) is 30.3 Å². The maximum Gasteiger partial charge on any atom is 0.404 e. The molecule has 166 valence electrons. The third-order valence-corrected chi connectivity index (χ3v) is 5.27. The van der Waals surface area contributed by atoms with E-state index in [0.29, 0.717) is 6.54 Å². The normalized spacial score (nSPS) is 19.2. The fourth-order valence-electron chi connectivity index (χ4n) is 3.59. The van der Waals surface area contributed by atoms with Crippen LogP contribution < -0.4 is 10.6 Å². The molecule has 1 unspecified atom stereocenters. The zero-order valence-electron chi connectivity index (χ0n) is 16.7. The van der Waals surface area contributed by atoms with Gasteiger partial charge in [0, 0.05) is 32.4 Å². The van der Waals surface area contributed by atoms with Crippen LogP contribution in [0.15, 0.2) is 48.7 Å². The van der Waals surface area contributed by atoms with Crippen LogP contribution in [0.1, 0.15) is 22.5 Å². The molecule has 1 aromatic carbocycles. The highest BCUT2D eigenvalue weighted by molar-refractivity contribution is 5.94. The van der Waals surface area contributed by atoms with E-state index in [2.05, 4.69) is 15.6 Å². The van der Waals surface area contributed by atoms with Gasteiger partial charge in [0.2, 0.25) is 5.91 Å². The minimum Gasteiger partial charge on any atom is -0.505 e. The topological polar surface area (TPSA) is 94.6 Å². The number of alkyl halides is 3. The molecule has 0 spiro atoms. The van der Waals surface area contributed by atoms with Gasteiger partial charge < -0.3 is 15.7 Å². The zero-order valence-corrected chi connectivity index (χ0v) is 16.7. The van der Waals surface area contributed by atoms with Gasteiger partial charge in [-0.25, -0.2) is 4.98 Å². The number of likely N-dealkylation sites (tertiary alicyclic amines) is 1. The lowest BCUT2D eigenvalue weighted by Gasteiger charge is -2.30. The number of hydrogen-bond donors (Lipinski definition) is 3. The van der Waals surface area contributed by atoms with Crippen LogP contribution in [0.25, 0.3) is 0 Å². The van der Waals surface area contributed by atoms with Gasteiger partial charge in [-0.1, -0.05) is 30.3 Å². The van der Waals surface area contributed by atoms with Gasteiger partial charge in [0.25, 0.3) is 5.91 Å². The van der Waals surface area contributed by atoms with Crippen LogP contribution >= 0.6 is 0 Å². The maximum atomic E-state index is 13.9. The number of carbonyl (C=O) groups is 2. The van der Waals surface area contributed by atoms with E-state index in [-0.39, 0.29) is 37.5 Å². The van der Waals surface area contributed by atoms with Crippen LogP contribution in [-0.2, 0) is 11.3 Å². The predicted molar refractivity (Wildman–Crippen MR) is 106 cm³/mol. The van der Waals surface area contributed by atoms with Crippen molar-refractivity contribution in [3.63, 3.8) is 0 Å². The number of benzene rings is 1. The number of aromatic nitrogens is 1. The second-order valence-electron chi connectivity index (χ2n) is 7.41. The molecule has 0 aliphatic carbocycles. The summed E-state index contributed by atoms with van der Waals surface area (Å²) < 4.78 is 41.7. The number of aromatic hydroxyl groups is 1. The van der Waals surface area contributed by atoms with E-state index in [1.165, 1.54) is 18.3 Å². The van der Waals surface area contributed by atoms with Crippen molar-refractivity contribution < 1.29 is 27.9 Å². The van der Waals surface area contributed by atoms with Gasteiger partial charge in [-0.15, -0.1) is 0 Å². The van der Waals surface area contributed by atoms with Crippen molar-refractivity contribution in [2.75, 3.05) is 26.2 Å². The Morgan fingerprint density at radius 1 is 1.10 bits per heavy atom. The third kappa shape index (κ3) is 5.13. The van der Waals surface area contributed by atoms with Crippen molar-refractivity contribution in [1.82, 2.24) is 20.5 Å². The third-order valence-electron chi connectivity index (χ3n) is 5.27. The molecule has 3 rings (SSSR count). The maximum absolute atomic E-state index is 13.9. The molecular formula is C21H23F3N4O3. The Balaban J connectivity index is 1.56. The largest absolute Gasteiger partial charge is 0.505 e. The Morgan fingerprint density at radius 2 is 1.81 bits per heavy atom. The number of nitrogens with one attached hydrogen (secondary N) is 2. The Bertz CT molecular complexity index is 924. The summed E-state index contributed by atoms with van der Waals surface area (Å²) in [6, 6.07) is 11.9. The Hall–Kier alpha value is -3.14. The molecule has 1 atom stereocenters. The average molecular weight is 436 g/mol. The first-order chi connectivity index (χ1) is 14.7. The molecule has 1 saturated heterocycles. The zero-order chi connectivity index (χ0) is 22.5. The molecule has 0 bridgehead atoms. The summed E-state index contributed by atoms with van der Waals surface area (Å²) in [5.74, 6) is -2.11. The molecule has 0 radical (unpaired) electrons. The smallest absolute Gasteiger partial charge is 0.404 e.